The third-order valence-corrected chi connectivity index (χ3v) is 3.43. The number of methoxy groups -OCH3 is 2. The maximum Gasteiger partial charge on any atom is 0.323 e. The van der Waals surface area contributed by atoms with Crippen LogP contribution in [0.4, 0.5) is 0 Å². The Morgan fingerprint density at radius 1 is 1.14 bits per heavy atom. The van der Waals surface area contributed by atoms with E-state index in [9.17, 15) is 9.59 Å². The smallest absolute Gasteiger partial charge is 0.323 e. The fraction of sp³-hybridized carbons (Fsp3) is 0.375. The normalized spacial score (nSPS) is 18.0. The van der Waals surface area contributed by atoms with Gasteiger partial charge in [0.25, 0.3) is 0 Å². The van der Waals surface area contributed by atoms with E-state index in [1.807, 2.05) is 30.3 Å². The lowest BCUT2D eigenvalue weighted by atomic mass is 9.93. The van der Waals surface area contributed by atoms with Crippen molar-refractivity contribution in [3.05, 3.63) is 42.0 Å². The van der Waals surface area contributed by atoms with E-state index in [0.29, 0.717) is 6.61 Å². The van der Waals surface area contributed by atoms with E-state index in [4.69, 9.17) is 4.74 Å². The van der Waals surface area contributed by atoms with E-state index in [0.717, 1.165) is 17.6 Å². The van der Waals surface area contributed by atoms with Crippen LogP contribution in [0.5, 0.6) is 0 Å². The highest BCUT2D eigenvalue weighted by molar-refractivity contribution is 5.96. The van der Waals surface area contributed by atoms with Crippen molar-refractivity contribution in [3.63, 3.8) is 0 Å². The molecule has 112 valence electrons. The zero-order chi connectivity index (χ0) is 15.2. The molecule has 1 aromatic rings. The first-order chi connectivity index (χ1) is 10.2. The minimum absolute atomic E-state index is 0.440. The third kappa shape index (κ3) is 3.49. The van der Waals surface area contributed by atoms with Crippen LogP contribution in [-0.4, -0.2) is 38.9 Å². The molecule has 1 aliphatic heterocycles. The Morgan fingerprint density at radius 3 is 2.33 bits per heavy atom. The van der Waals surface area contributed by atoms with Crippen molar-refractivity contribution < 1.29 is 23.8 Å². The van der Waals surface area contributed by atoms with Gasteiger partial charge in [0.1, 0.15) is 6.10 Å². The van der Waals surface area contributed by atoms with E-state index < -0.39 is 24.0 Å². The van der Waals surface area contributed by atoms with Crippen LogP contribution in [0.1, 0.15) is 12.0 Å². The zero-order valence-electron chi connectivity index (χ0n) is 12.1. The lowest BCUT2D eigenvalue weighted by molar-refractivity contribution is -0.164. The summed E-state index contributed by atoms with van der Waals surface area (Å²) in [6.45, 7) is 0.440. The van der Waals surface area contributed by atoms with E-state index in [2.05, 4.69) is 9.47 Å². The molecule has 1 unspecified atom stereocenters. The van der Waals surface area contributed by atoms with Gasteiger partial charge in [-0.3, -0.25) is 9.59 Å². The Balaban J connectivity index is 2.29. The molecule has 1 aliphatic rings. The summed E-state index contributed by atoms with van der Waals surface area (Å²) in [5, 5.41) is 0. The fourth-order valence-electron chi connectivity index (χ4n) is 2.34. The molecule has 0 saturated carbocycles. The second kappa shape index (κ2) is 7.04. The number of rotatable bonds is 4. The molecule has 2 rings (SSSR count). The van der Waals surface area contributed by atoms with Gasteiger partial charge in [0.05, 0.1) is 20.8 Å². The average Bonchev–Trinajstić information content (AvgIpc) is 2.55. The van der Waals surface area contributed by atoms with Crippen molar-refractivity contribution in [2.75, 3.05) is 20.8 Å². The van der Waals surface area contributed by atoms with Crippen LogP contribution in [0.2, 0.25) is 0 Å². The second-order valence-corrected chi connectivity index (χ2v) is 4.67. The van der Waals surface area contributed by atoms with Crippen molar-refractivity contribution in [1.82, 2.24) is 0 Å². The first kappa shape index (κ1) is 15.3. The van der Waals surface area contributed by atoms with Gasteiger partial charge in [0, 0.05) is 0 Å². The number of benzene rings is 1. The lowest BCUT2D eigenvalue weighted by Crippen LogP contribution is -2.39. The lowest BCUT2D eigenvalue weighted by Gasteiger charge is -2.26. The summed E-state index contributed by atoms with van der Waals surface area (Å²) in [6.07, 6.45) is 1.86. The molecule has 0 amide bonds. The van der Waals surface area contributed by atoms with Gasteiger partial charge >= 0.3 is 11.9 Å². The highest BCUT2D eigenvalue weighted by Gasteiger charge is 2.38. The van der Waals surface area contributed by atoms with Crippen LogP contribution in [0.15, 0.2) is 36.4 Å². The Labute approximate surface area is 123 Å². The number of carbonyl (C=O) groups excluding carboxylic acids is 2. The average molecular weight is 290 g/mol. The van der Waals surface area contributed by atoms with Crippen LogP contribution in [0, 0.1) is 5.92 Å². The van der Waals surface area contributed by atoms with E-state index in [-0.39, 0.29) is 0 Å². The monoisotopic (exact) mass is 290 g/mol. The number of ether oxygens (including phenoxy) is 3. The topological polar surface area (TPSA) is 61.8 Å². The molecule has 5 heteroatoms. The molecule has 0 fully saturated rings. The molecular formula is C16H18O5. The predicted octanol–water partition coefficient (Wildman–Crippen LogP) is 1.82. The zero-order valence-corrected chi connectivity index (χ0v) is 12.1. The van der Waals surface area contributed by atoms with Gasteiger partial charge in [-0.05, 0) is 17.6 Å². The molecule has 0 radical (unpaired) electrons. The van der Waals surface area contributed by atoms with Crippen LogP contribution in [0.3, 0.4) is 0 Å². The van der Waals surface area contributed by atoms with Gasteiger partial charge < -0.3 is 14.2 Å². The maximum absolute atomic E-state index is 11.8. The van der Waals surface area contributed by atoms with E-state index in [1.165, 1.54) is 14.2 Å². The van der Waals surface area contributed by atoms with E-state index in [1.54, 1.807) is 6.08 Å². The summed E-state index contributed by atoms with van der Waals surface area (Å²) in [7, 11) is 2.48. The number of carbonyl (C=O) groups is 2. The fourth-order valence-corrected chi connectivity index (χ4v) is 2.34. The summed E-state index contributed by atoms with van der Waals surface area (Å²) in [5.41, 5.74) is 2.10. The Bertz CT molecular complexity index is 519. The SMILES string of the molecule is COC(=O)C(C(=O)OC)C1C=C(c2ccccc2)CCO1. The second-order valence-electron chi connectivity index (χ2n) is 4.67. The largest absolute Gasteiger partial charge is 0.468 e. The van der Waals surface area contributed by atoms with Gasteiger partial charge in [0.2, 0.25) is 0 Å². The summed E-state index contributed by atoms with van der Waals surface area (Å²) in [6, 6.07) is 9.79. The van der Waals surface area contributed by atoms with Crippen molar-refractivity contribution in [2.45, 2.75) is 12.5 Å². The summed E-state index contributed by atoms with van der Waals surface area (Å²) >= 11 is 0. The van der Waals surface area contributed by atoms with Crippen LogP contribution in [0.25, 0.3) is 5.57 Å². The minimum Gasteiger partial charge on any atom is -0.468 e. The molecule has 0 bridgehead atoms. The first-order valence-electron chi connectivity index (χ1n) is 6.70. The highest BCUT2D eigenvalue weighted by atomic mass is 16.6. The Kier molecular flexibility index (Phi) is 5.11. The number of hydrogen-bond acceptors (Lipinski definition) is 5. The third-order valence-electron chi connectivity index (χ3n) is 3.43. The number of hydrogen-bond donors (Lipinski definition) is 0. The molecule has 0 aliphatic carbocycles. The summed E-state index contributed by atoms with van der Waals surface area (Å²) in [4.78, 5) is 23.6. The van der Waals surface area contributed by atoms with Gasteiger partial charge in [-0.25, -0.2) is 0 Å². The molecule has 0 aromatic heterocycles. The van der Waals surface area contributed by atoms with Crippen molar-refractivity contribution >= 4 is 17.5 Å². The highest BCUT2D eigenvalue weighted by Crippen LogP contribution is 2.27. The molecule has 0 spiro atoms. The first-order valence-corrected chi connectivity index (χ1v) is 6.70. The molecule has 5 nitrogen and oxygen atoms in total. The summed E-state index contributed by atoms with van der Waals surface area (Å²) in [5.74, 6) is -2.41. The quantitative estimate of drug-likeness (QED) is 0.625. The molecule has 21 heavy (non-hydrogen) atoms. The molecule has 1 atom stereocenters. The van der Waals surface area contributed by atoms with Gasteiger partial charge in [-0.1, -0.05) is 36.4 Å². The van der Waals surface area contributed by atoms with Crippen molar-refractivity contribution in [3.8, 4) is 0 Å². The van der Waals surface area contributed by atoms with Crippen LogP contribution in [-0.2, 0) is 23.8 Å². The molecule has 1 heterocycles. The van der Waals surface area contributed by atoms with Gasteiger partial charge in [0.15, 0.2) is 5.92 Å². The molecule has 0 N–H and O–H groups in total. The van der Waals surface area contributed by atoms with Crippen LogP contribution < -0.4 is 0 Å². The standard InChI is InChI=1S/C16H18O5/c1-19-15(17)14(16(18)20-2)13-10-12(8-9-21-13)11-6-4-3-5-7-11/h3-7,10,13-14H,8-9H2,1-2H3. The Hall–Kier alpha value is -2.14. The van der Waals surface area contributed by atoms with Gasteiger partial charge in [-0.15, -0.1) is 0 Å². The molecule has 1 aromatic carbocycles. The van der Waals surface area contributed by atoms with E-state index >= 15 is 0 Å². The number of esters is 2. The van der Waals surface area contributed by atoms with Crippen molar-refractivity contribution in [1.29, 1.82) is 0 Å². The molecule has 0 saturated heterocycles. The molecular weight excluding hydrogens is 272 g/mol. The maximum atomic E-state index is 11.8. The summed E-state index contributed by atoms with van der Waals surface area (Å²) < 4.78 is 14.9. The van der Waals surface area contributed by atoms with Crippen molar-refractivity contribution in [2.24, 2.45) is 5.92 Å². The minimum atomic E-state index is -1.10. The Morgan fingerprint density at radius 2 is 1.76 bits per heavy atom. The van der Waals surface area contributed by atoms with Crippen LogP contribution >= 0.6 is 0 Å². The van der Waals surface area contributed by atoms with Gasteiger partial charge in [-0.2, -0.15) is 0 Å². The predicted molar refractivity (Wildman–Crippen MR) is 76.3 cm³/mol.